The first kappa shape index (κ1) is 12.1. The van der Waals surface area contributed by atoms with E-state index in [2.05, 4.69) is 48.6 Å². The lowest BCUT2D eigenvalue weighted by atomic mass is 9.99. The summed E-state index contributed by atoms with van der Waals surface area (Å²) in [4.78, 5) is 0. The second kappa shape index (κ2) is 5.30. The van der Waals surface area contributed by atoms with Crippen LogP contribution in [0.1, 0.15) is 23.6 Å². The van der Waals surface area contributed by atoms with Crippen molar-refractivity contribution in [3.05, 3.63) is 47.5 Å². The molecule has 2 heteroatoms. The molecule has 2 N–H and O–H groups in total. The minimum Gasteiger partial charge on any atom is -0.396 e. The highest BCUT2D eigenvalue weighted by atomic mass is 16.3. The van der Waals surface area contributed by atoms with Gasteiger partial charge >= 0.3 is 0 Å². The Hall–Kier alpha value is -1.38. The van der Waals surface area contributed by atoms with Gasteiger partial charge in [-0.25, -0.2) is 0 Å². The molecular weight excluding hydrogens is 210 g/mol. The molecule has 1 atom stereocenters. The molecule has 0 radical (unpaired) electrons. The Morgan fingerprint density at radius 1 is 1.12 bits per heavy atom. The molecule has 2 aromatic carbocycles. The lowest BCUT2D eigenvalue weighted by Crippen LogP contribution is -2.17. The fourth-order valence-corrected chi connectivity index (χ4v) is 2.21. The van der Waals surface area contributed by atoms with Crippen molar-refractivity contribution >= 4 is 10.8 Å². The summed E-state index contributed by atoms with van der Waals surface area (Å²) in [7, 11) is 1.93. The maximum Gasteiger partial charge on any atom is 0.0449 e. The number of aliphatic hydroxyl groups is 1. The standard InChI is InChI=1S/C15H19NO/c1-11-3-4-13-10-14(6-5-12(13)9-11)15(16-2)7-8-17/h3-6,9-10,15-17H,7-8H2,1-2H3. The van der Waals surface area contributed by atoms with Crippen LogP contribution >= 0.6 is 0 Å². The average molecular weight is 229 g/mol. The van der Waals surface area contributed by atoms with Crippen LogP contribution in [0, 0.1) is 6.92 Å². The van der Waals surface area contributed by atoms with Gasteiger partial charge in [-0.3, -0.25) is 0 Å². The van der Waals surface area contributed by atoms with Gasteiger partial charge in [0, 0.05) is 12.6 Å². The van der Waals surface area contributed by atoms with E-state index < -0.39 is 0 Å². The second-order valence-electron chi connectivity index (χ2n) is 4.46. The quantitative estimate of drug-likeness (QED) is 0.845. The molecule has 0 aromatic heterocycles. The van der Waals surface area contributed by atoms with E-state index in [0.29, 0.717) is 0 Å². The fraction of sp³-hybridized carbons (Fsp3) is 0.333. The molecule has 2 nitrogen and oxygen atoms in total. The molecule has 0 aliphatic heterocycles. The normalized spacial score (nSPS) is 12.9. The van der Waals surface area contributed by atoms with Gasteiger partial charge in [0.2, 0.25) is 0 Å². The number of rotatable bonds is 4. The minimum atomic E-state index is 0.206. The number of benzene rings is 2. The van der Waals surface area contributed by atoms with E-state index in [1.165, 1.54) is 21.9 Å². The van der Waals surface area contributed by atoms with E-state index >= 15 is 0 Å². The van der Waals surface area contributed by atoms with Crippen LogP contribution in [-0.4, -0.2) is 18.8 Å². The lowest BCUT2D eigenvalue weighted by molar-refractivity contribution is 0.269. The maximum atomic E-state index is 9.04. The predicted molar refractivity (Wildman–Crippen MR) is 72.2 cm³/mol. The Balaban J connectivity index is 2.40. The number of aryl methyl sites for hydroxylation is 1. The van der Waals surface area contributed by atoms with Gasteiger partial charge in [0.25, 0.3) is 0 Å². The molecule has 0 saturated carbocycles. The van der Waals surface area contributed by atoms with E-state index in [0.717, 1.165) is 6.42 Å². The van der Waals surface area contributed by atoms with Crippen LogP contribution in [0.5, 0.6) is 0 Å². The van der Waals surface area contributed by atoms with Gasteiger partial charge in [-0.2, -0.15) is 0 Å². The average Bonchev–Trinajstić information content (AvgIpc) is 2.35. The topological polar surface area (TPSA) is 32.3 Å². The molecule has 90 valence electrons. The first-order chi connectivity index (χ1) is 8.24. The van der Waals surface area contributed by atoms with Crippen LogP contribution < -0.4 is 5.32 Å². The van der Waals surface area contributed by atoms with Crippen molar-refractivity contribution < 1.29 is 5.11 Å². The fourth-order valence-electron chi connectivity index (χ4n) is 2.21. The smallest absolute Gasteiger partial charge is 0.0449 e. The first-order valence-corrected chi connectivity index (χ1v) is 6.03. The molecule has 0 saturated heterocycles. The monoisotopic (exact) mass is 229 g/mol. The molecule has 0 bridgehead atoms. The van der Waals surface area contributed by atoms with Crippen molar-refractivity contribution in [2.75, 3.05) is 13.7 Å². The number of fused-ring (bicyclic) bond motifs is 1. The Labute approximate surface area is 102 Å². The Kier molecular flexibility index (Phi) is 3.77. The summed E-state index contributed by atoms with van der Waals surface area (Å²) in [6.45, 7) is 2.31. The van der Waals surface area contributed by atoms with Crippen molar-refractivity contribution in [2.24, 2.45) is 0 Å². The zero-order valence-electron chi connectivity index (χ0n) is 10.4. The molecule has 0 spiro atoms. The second-order valence-corrected chi connectivity index (χ2v) is 4.46. The highest BCUT2D eigenvalue weighted by Gasteiger charge is 2.08. The highest BCUT2D eigenvalue weighted by Crippen LogP contribution is 2.22. The third kappa shape index (κ3) is 2.65. The number of hydrogen-bond donors (Lipinski definition) is 2. The van der Waals surface area contributed by atoms with Crippen molar-refractivity contribution in [3.63, 3.8) is 0 Å². The molecule has 0 aliphatic rings. The van der Waals surface area contributed by atoms with E-state index in [1.807, 2.05) is 7.05 Å². The molecule has 17 heavy (non-hydrogen) atoms. The molecule has 0 fully saturated rings. The summed E-state index contributed by atoms with van der Waals surface area (Å²) in [6, 6.07) is 13.2. The summed E-state index contributed by atoms with van der Waals surface area (Å²) in [5.41, 5.74) is 2.52. The predicted octanol–water partition coefficient (Wildman–Crippen LogP) is 2.79. The summed E-state index contributed by atoms with van der Waals surface area (Å²) >= 11 is 0. The van der Waals surface area contributed by atoms with Gasteiger partial charge < -0.3 is 10.4 Å². The summed E-state index contributed by atoms with van der Waals surface area (Å²) in [6.07, 6.45) is 0.744. The third-order valence-corrected chi connectivity index (χ3v) is 3.19. The van der Waals surface area contributed by atoms with E-state index in [9.17, 15) is 0 Å². The highest BCUT2D eigenvalue weighted by molar-refractivity contribution is 5.83. The Morgan fingerprint density at radius 3 is 2.53 bits per heavy atom. The van der Waals surface area contributed by atoms with Gasteiger partial charge in [-0.05, 0) is 42.8 Å². The van der Waals surface area contributed by atoms with Crippen LogP contribution in [0.25, 0.3) is 10.8 Å². The van der Waals surface area contributed by atoms with Crippen molar-refractivity contribution in [1.82, 2.24) is 5.32 Å². The molecule has 0 heterocycles. The van der Waals surface area contributed by atoms with Crippen LogP contribution in [0.3, 0.4) is 0 Å². The molecule has 0 aliphatic carbocycles. The zero-order chi connectivity index (χ0) is 12.3. The maximum absolute atomic E-state index is 9.04. The number of aliphatic hydroxyl groups excluding tert-OH is 1. The van der Waals surface area contributed by atoms with Crippen LogP contribution in [0.2, 0.25) is 0 Å². The van der Waals surface area contributed by atoms with Crippen LogP contribution in [0.15, 0.2) is 36.4 Å². The van der Waals surface area contributed by atoms with Crippen molar-refractivity contribution in [1.29, 1.82) is 0 Å². The molecule has 2 rings (SSSR count). The summed E-state index contributed by atoms with van der Waals surface area (Å²) < 4.78 is 0. The number of hydrogen-bond acceptors (Lipinski definition) is 2. The summed E-state index contributed by atoms with van der Waals surface area (Å²) in [5.74, 6) is 0. The lowest BCUT2D eigenvalue weighted by Gasteiger charge is -2.16. The van der Waals surface area contributed by atoms with Crippen molar-refractivity contribution in [2.45, 2.75) is 19.4 Å². The van der Waals surface area contributed by atoms with Crippen LogP contribution in [-0.2, 0) is 0 Å². The van der Waals surface area contributed by atoms with E-state index in [4.69, 9.17) is 5.11 Å². The van der Waals surface area contributed by atoms with Gasteiger partial charge in [-0.15, -0.1) is 0 Å². The zero-order valence-corrected chi connectivity index (χ0v) is 10.4. The Morgan fingerprint density at radius 2 is 1.82 bits per heavy atom. The summed E-state index contributed by atoms with van der Waals surface area (Å²) in [5, 5.41) is 14.8. The molecule has 1 unspecified atom stereocenters. The largest absolute Gasteiger partial charge is 0.396 e. The van der Waals surface area contributed by atoms with Gasteiger partial charge in [0.05, 0.1) is 0 Å². The van der Waals surface area contributed by atoms with E-state index in [1.54, 1.807) is 0 Å². The first-order valence-electron chi connectivity index (χ1n) is 6.03. The van der Waals surface area contributed by atoms with Crippen LogP contribution in [0.4, 0.5) is 0 Å². The van der Waals surface area contributed by atoms with Gasteiger partial charge in [-0.1, -0.05) is 35.9 Å². The Bertz CT molecular complexity index is 507. The molecule has 0 amide bonds. The van der Waals surface area contributed by atoms with Crippen molar-refractivity contribution in [3.8, 4) is 0 Å². The third-order valence-electron chi connectivity index (χ3n) is 3.19. The number of nitrogens with one attached hydrogen (secondary N) is 1. The minimum absolute atomic E-state index is 0.206. The molecule has 2 aromatic rings. The van der Waals surface area contributed by atoms with Gasteiger partial charge in [0.15, 0.2) is 0 Å². The molecular formula is C15H19NO. The van der Waals surface area contributed by atoms with E-state index in [-0.39, 0.29) is 12.6 Å². The van der Waals surface area contributed by atoms with Gasteiger partial charge in [0.1, 0.15) is 0 Å². The SMILES string of the molecule is CNC(CCO)c1ccc2cc(C)ccc2c1.